The lowest BCUT2D eigenvalue weighted by molar-refractivity contribution is 0.614. The molecule has 0 amide bonds. The Balaban J connectivity index is 1.22. The highest BCUT2D eigenvalue weighted by Gasteiger charge is 2.14. The second kappa shape index (κ2) is 9.04. The fraction of sp³-hybridized carbons (Fsp3) is 0.114. The molecule has 0 N–H and O–H groups in total. The summed E-state index contributed by atoms with van der Waals surface area (Å²) in [5.41, 5.74) is 11.3. The summed E-state index contributed by atoms with van der Waals surface area (Å²) in [7, 11) is 0. The molecule has 2 aromatic heterocycles. The topological polar surface area (TPSA) is 31.0 Å². The van der Waals surface area contributed by atoms with Crippen LogP contribution in [0.3, 0.4) is 0 Å². The van der Waals surface area contributed by atoms with Gasteiger partial charge in [0.2, 0.25) is 5.89 Å². The Labute approximate surface area is 222 Å². The van der Waals surface area contributed by atoms with E-state index in [-0.39, 0.29) is 0 Å². The average molecular weight is 493 g/mol. The van der Waals surface area contributed by atoms with E-state index in [2.05, 4.69) is 128 Å². The molecule has 3 heteroatoms. The van der Waals surface area contributed by atoms with Gasteiger partial charge in [0.15, 0.2) is 5.58 Å². The first-order valence-electron chi connectivity index (χ1n) is 13.3. The van der Waals surface area contributed by atoms with Crippen molar-refractivity contribution in [3.05, 3.63) is 120 Å². The molecule has 2 heterocycles. The van der Waals surface area contributed by atoms with Crippen molar-refractivity contribution in [2.75, 3.05) is 0 Å². The van der Waals surface area contributed by atoms with E-state index in [0.717, 1.165) is 35.2 Å². The van der Waals surface area contributed by atoms with Crippen molar-refractivity contribution in [2.45, 2.75) is 26.7 Å². The molecule has 0 saturated heterocycles. The summed E-state index contributed by atoms with van der Waals surface area (Å²) in [6.45, 7) is 4.31. The monoisotopic (exact) mass is 492 g/mol. The molecule has 0 unspecified atom stereocenters. The highest BCUT2D eigenvalue weighted by Crippen LogP contribution is 2.33. The van der Waals surface area contributed by atoms with Crippen LogP contribution in [0.2, 0.25) is 0 Å². The summed E-state index contributed by atoms with van der Waals surface area (Å²) in [4.78, 5) is 4.81. The number of benzene rings is 5. The molecule has 0 fully saturated rings. The second-order valence-corrected chi connectivity index (χ2v) is 10.0. The quantitative estimate of drug-likeness (QED) is 0.239. The lowest BCUT2D eigenvalue weighted by atomic mass is 10.0. The van der Waals surface area contributed by atoms with E-state index in [1.54, 1.807) is 0 Å². The first-order chi connectivity index (χ1) is 18.7. The van der Waals surface area contributed by atoms with Crippen molar-refractivity contribution in [3.8, 4) is 28.3 Å². The van der Waals surface area contributed by atoms with E-state index >= 15 is 0 Å². The van der Waals surface area contributed by atoms with E-state index in [1.165, 1.54) is 44.1 Å². The molecule has 0 bridgehead atoms. The van der Waals surface area contributed by atoms with Crippen molar-refractivity contribution < 1.29 is 4.42 Å². The Morgan fingerprint density at radius 3 is 1.89 bits per heavy atom. The van der Waals surface area contributed by atoms with Crippen LogP contribution < -0.4 is 0 Å². The summed E-state index contributed by atoms with van der Waals surface area (Å²) in [6.07, 6.45) is 2.08. The van der Waals surface area contributed by atoms with Crippen LogP contribution in [-0.4, -0.2) is 9.55 Å². The third kappa shape index (κ3) is 3.71. The fourth-order valence-corrected chi connectivity index (χ4v) is 5.64. The van der Waals surface area contributed by atoms with Crippen LogP contribution in [0.5, 0.6) is 0 Å². The SMILES string of the molecule is CCCc1cc(C)cc2nc(-c3ccc(-c4ccc(-n5c6ccccc6c6ccccc65)cc4)cc3)oc12. The van der Waals surface area contributed by atoms with E-state index in [9.17, 15) is 0 Å². The van der Waals surface area contributed by atoms with E-state index in [1.807, 2.05) is 0 Å². The maximum Gasteiger partial charge on any atom is 0.227 e. The van der Waals surface area contributed by atoms with E-state index in [0.29, 0.717) is 5.89 Å². The molecule has 0 spiro atoms. The maximum atomic E-state index is 6.25. The fourth-order valence-electron chi connectivity index (χ4n) is 5.64. The third-order valence-electron chi connectivity index (χ3n) is 7.40. The number of para-hydroxylation sites is 2. The van der Waals surface area contributed by atoms with Crippen molar-refractivity contribution in [1.29, 1.82) is 0 Å². The molecule has 5 aromatic carbocycles. The summed E-state index contributed by atoms with van der Waals surface area (Å²) in [6, 6.07) is 38.9. The Morgan fingerprint density at radius 1 is 0.684 bits per heavy atom. The van der Waals surface area contributed by atoms with Gasteiger partial charge in [-0.15, -0.1) is 0 Å². The van der Waals surface area contributed by atoms with Gasteiger partial charge in [0.1, 0.15) is 5.52 Å². The van der Waals surface area contributed by atoms with Crippen LogP contribution in [0.25, 0.3) is 61.2 Å². The van der Waals surface area contributed by atoms with Crippen molar-refractivity contribution in [3.63, 3.8) is 0 Å². The molecule has 0 saturated carbocycles. The molecule has 0 aliphatic carbocycles. The first-order valence-corrected chi connectivity index (χ1v) is 13.3. The molecule has 3 nitrogen and oxygen atoms in total. The zero-order valence-electron chi connectivity index (χ0n) is 21.6. The number of hydrogen-bond donors (Lipinski definition) is 0. The highest BCUT2D eigenvalue weighted by molar-refractivity contribution is 6.09. The molecule has 38 heavy (non-hydrogen) atoms. The number of fused-ring (bicyclic) bond motifs is 4. The van der Waals surface area contributed by atoms with Gasteiger partial charge >= 0.3 is 0 Å². The summed E-state index contributed by atoms with van der Waals surface area (Å²) < 4.78 is 8.60. The summed E-state index contributed by atoms with van der Waals surface area (Å²) in [5.74, 6) is 0.677. The van der Waals surface area contributed by atoms with Crippen LogP contribution >= 0.6 is 0 Å². The second-order valence-electron chi connectivity index (χ2n) is 10.0. The predicted molar refractivity (Wildman–Crippen MR) is 158 cm³/mol. The van der Waals surface area contributed by atoms with Crippen LogP contribution in [-0.2, 0) is 6.42 Å². The average Bonchev–Trinajstić information content (AvgIpc) is 3.53. The Hall–Kier alpha value is -4.63. The number of rotatable bonds is 5. The van der Waals surface area contributed by atoms with Gasteiger partial charge in [-0.05, 0) is 78.1 Å². The molecule has 184 valence electrons. The smallest absolute Gasteiger partial charge is 0.227 e. The molecule has 7 aromatic rings. The molecule has 0 aliphatic rings. The van der Waals surface area contributed by atoms with Crippen LogP contribution in [0, 0.1) is 6.92 Å². The highest BCUT2D eigenvalue weighted by atomic mass is 16.3. The van der Waals surface area contributed by atoms with Gasteiger partial charge < -0.3 is 8.98 Å². The minimum absolute atomic E-state index is 0.677. The van der Waals surface area contributed by atoms with E-state index in [4.69, 9.17) is 9.40 Å². The van der Waals surface area contributed by atoms with Gasteiger partial charge in [0.05, 0.1) is 11.0 Å². The van der Waals surface area contributed by atoms with Gasteiger partial charge in [0, 0.05) is 22.0 Å². The number of aromatic nitrogens is 2. The van der Waals surface area contributed by atoms with Gasteiger partial charge in [-0.2, -0.15) is 0 Å². The minimum atomic E-state index is 0.677. The molecule has 0 aliphatic heterocycles. The zero-order valence-corrected chi connectivity index (χ0v) is 21.6. The normalized spacial score (nSPS) is 11.6. The number of aryl methyl sites for hydroxylation is 2. The van der Waals surface area contributed by atoms with Gasteiger partial charge in [-0.1, -0.05) is 80.1 Å². The van der Waals surface area contributed by atoms with Gasteiger partial charge in [0.25, 0.3) is 0 Å². The standard InChI is InChI=1S/C35H28N2O/c1-3-8-27-21-23(2)22-31-34(27)38-35(36-31)26-15-13-24(14-16-26)25-17-19-28(20-18-25)37-32-11-6-4-9-29(32)30-10-5-7-12-33(30)37/h4-7,9-22H,3,8H2,1-2H3. The largest absolute Gasteiger partial charge is 0.436 e. The Bertz CT molecular complexity index is 1870. The van der Waals surface area contributed by atoms with Crippen LogP contribution in [0.1, 0.15) is 24.5 Å². The molecular formula is C35H28N2O. The predicted octanol–water partition coefficient (Wildman–Crippen LogP) is 9.52. The van der Waals surface area contributed by atoms with Crippen molar-refractivity contribution in [2.24, 2.45) is 0 Å². The lowest BCUT2D eigenvalue weighted by Gasteiger charge is -2.09. The lowest BCUT2D eigenvalue weighted by Crippen LogP contribution is -1.93. The molecule has 0 radical (unpaired) electrons. The first kappa shape index (κ1) is 22.6. The number of oxazole rings is 1. The van der Waals surface area contributed by atoms with Crippen LogP contribution in [0.15, 0.2) is 114 Å². The minimum Gasteiger partial charge on any atom is -0.436 e. The van der Waals surface area contributed by atoms with Crippen molar-refractivity contribution in [1.82, 2.24) is 9.55 Å². The summed E-state index contributed by atoms with van der Waals surface area (Å²) >= 11 is 0. The van der Waals surface area contributed by atoms with Crippen molar-refractivity contribution >= 4 is 32.9 Å². The Morgan fingerprint density at radius 2 is 1.26 bits per heavy atom. The number of hydrogen-bond acceptors (Lipinski definition) is 2. The molecule has 0 atom stereocenters. The zero-order chi connectivity index (χ0) is 25.6. The molecular weight excluding hydrogens is 464 g/mol. The Kier molecular flexibility index (Phi) is 5.36. The van der Waals surface area contributed by atoms with Crippen LogP contribution in [0.4, 0.5) is 0 Å². The summed E-state index contributed by atoms with van der Waals surface area (Å²) in [5, 5.41) is 2.55. The molecule has 7 rings (SSSR count). The third-order valence-corrected chi connectivity index (χ3v) is 7.40. The van der Waals surface area contributed by atoms with Gasteiger partial charge in [-0.25, -0.2) is 4.98 Å². The van der Waals surface area contributed by atoms with Gasteiger partial charge in [-0.3, -0.25) is 0 Å². The maximum absolute atomic E-state index is 6.25. The van der Waals surface area contributed by atoms with E-state index < -0.39 is 0 Å². The number of nitrogens with zero attached hydrogens (tertiary/aromatic N) is 2.